The lowest BCUT2D eigenvalue weighted by atomic mass is 10.1. The molecule has 2 rings (SSSR count). The molecule has 0 amide bonds. The number of pyridine rings is 1. The van der Waals surface area contributed by atoms with Crippen LogP contribution in [0.1, 0.15) is 23.0 Å². The summed E-state index contributed by atoms with van der Waals surface area (Å²) in [5.41, 5.74) is 1.35. The lowest BCUT2D eigenvalue weighted by Gasteiger charge is -2.06. The Kier molecular flexibility index (Phi) is 2.79. The molecular formula is C12H10ClNO2. The predicted octanol–water partition coefficient (Wildman–Crippen LogP) is 3.15. The van der Waals surface area contributed by atoms with Crippen LogP contribution in [0.15, 0.2) is 24.3 Å². The first-order valence-corrected chi connectivity index (χ1v) is 5.32. The molecule has 1 aromatic carbocycles. The number of aromatic carboxylic acids is 1. The van der Waals surface area contributed by atoms with Gasteiger partial charge < -0.3 is 5.11 Å². The molecule has 0 saturated heterocycles. The standard InChI is InChI=1S/C12H10ClNO2/c1-2-7-6-8-4-3-5-9(13)10(8)14-11(7)12(15)16/h3-6H,2H2,1H3,(H,15,16). The molecule has 0 bridgehead atoms. The minimum atomic E-state index is -1.02. The van der Waals surface area contributed by atoms with Gasteiger partial charge in [-0.15, -0.1) is 0 Å². The van der Waals surface area contributed by atoms with E-state index in [1.165, 1.54) is 0 Å². The molecule has 1 aromatic heterocycles. The van der Waals surface area contributed by atoms with Crippen molar-refractivity contribution < 1.29 is 9.90 Å². The normalized spacial score (nSPS) is 10.6. The molecule has 0 unspecified atom stereocenters. The summed E-state index contributed by atoms with van der Waals surface area (Å²) in [6.07, 6.45) is 0.636. The molecule has 1 heterocycles. The van der Waals surface area contributed by atoms with Gasteiger partial charge in [0.1, 0.15) is 0 Å². The van der Waals surface area contributed by atoms with Crippen molar-refractivity contribution in [1.29, 1.82) is 0 Å². The number of para-hydroxylation sites is 1. The smallest absolute Gasteiger partial charge is 0.354 e. The number of halogens is 1. The average molecular weight is 236 g/mol. The first-order valence-electron chi connectivity index (χ1n) is 4.95. The SMILES string of the molecule is CCc1cc2cccc(Cl)c2nc1C(=O)O. The Bertz CT molecular complexity index is 566. The van der Waals surface area contributed by atoms with E-state index in [4.69, 9.17) is 16.7 Å². The molecule has 1 N–H and O–H groups in total. The van der Waals surface area contributed by atoms with Crippen molar-refractivity contribution in [3.63, 3.8) is 0 Å². The summed E-state index contributed by atoms with van der Waals surface area (Å²) >= 11 is 5.97. The maximum atomic E-state index is 11.0. The maximum Gasteiger partial charge on any atom is 0.354 e. The number of aromatic nitrogens is 1. The number of carbonyl (C=O) groups is 1. The van der Waals surface area contributed by atoms with Gasteiger partial charge >= 0.3 is 5.97 Å². The van der Waals surface area contributed by atoms with Crippen LogP contribution in [-0.4, -0.2) is 16.1 Å². The number of benzene rings is 1. The molecule has 0 aliphatic rings. The second kappa shape index (κ2) is 4.10. The molecule has 4 heteroatoms. The van der Waals surface area contributed by atoms with Crippen LogP contribution in [0.4, 0.5) is 0 Å². The van der Waals surface area contributed by atoms with Gasteiger partial charge in [0.15, 0.2) is 5.69 Å². The van der Waals surface area contributed by atoms with Crippen LogP contribution >= 0.6 is 11.6 Å². The van der Waals surface area contributed by atoms with Gasteiger partial charge in [-0.1, -0.05) is 30.7 Å². The van der Waals surface area contributed by atoms with Crippen molar-refractivity contribution in [2.24, 2.45) is 0 Å². The molecule has 0 radical (unpaired) electrons. The van der Waals surface area contributed by atoms with Gasteiger partial charge in [0.2, 0.25) is 0 Å². The Balaban J connectivity index is 2.81. The quantitative estimate of drug-likeness (QED) is 0.870. The van der Waals surface area contributed by atoms with E-state index in [1.807, 2.05) is 25.1 Å². The zero-order chi connectivity index (χ0) is 11.7. The highest BCUT2D eigenvalue weighted by Gasteiger charge is 2.13. The fraction of sp³-hybridized carbons (Fsp3) is 0.167. The molecule has 3 nitrogen and oxygen atoms in total. The zero-order valence-corrected chi connectivity index (χ0v) is 9.45. The summed E-state index contributed by atoms with van der Waals surface area (Å²) in [6, 6.07) is 7.23. The van der Waals surface area contributed by atoms with E-state index in [2.05, 4.69) is 4.98 Å². The maximum absolute atomic E-state index is 11.0. The summed E-state index contributed by atoms with van der Waals surface area (Å²) in [6.45, 7) is 1.90. The molecule has 0 fully saturated rings. The van der Waals surface area contributed by atoms with Gasteiger partial charge in [0.05, 0.1) is 10.5 Å². The molecule has 2 aromatic rings. The lowest BCUT2D eigenvalue weighted by molar-refractivity contribution is 0.0689. The highest BCUT2D eigenvalue weighted by atomic mass is 35.5. The highest BCUT2D eigenvalue weighted by molar-refractivity contribution is 6.35. The van der Waals surface area contributed by atoms with Gasteiger partial charge in [-0.3, -0.25) is 0 Å². The fourth-order valence-electron chi connectivity index (χ4n) is 1.66. The zero-order valence-electron chi connectivity index (χ0n) is 8.70. The lowest BCUT2D eigenvalue weighted by Crippen LogP contribution is -2.05. The van der Waals surface area contributed by atoms with Crippen LogP contribution in [0.3, 0.4) is 0 Å². The Morgan fingerprint density at radius 1 is 1.50 bits per heavy atom. The van der Waals surface area contributed by atoms with E-state index in [0.29, 0.717) is 17.0 Å². The Labute approximate surface area is 97.7 Å². The molecule has 16 heavy (non-hydrogen) atoms. The largest absolute Gasteiger partial charge is 0.477 e. The van der Waals surface area contributed by atoms with Crippen molar-refractivity contribution in [2.45, 2.75) is 13.3 Å². The predicted molar refractivity (Wildman–Crippen MR) is 63.1 cm³/mol. The molecule has 0 saturated carbocycles. The van der Waals surface area contributed by atoms with Gasteiger partial charge in [-0.2, -0.15) is 0 Å². The molecule has 0 aliphatic carbocycles. The first kappa shape index (κ1) is 10.9. The van der Waals surface area contributed by atoms with Crippen LogP contribution < -0.4 is 0 Å². The van der Waals surface area contributed by atoms with Crippen LogP contribution in [-0.2, 0) is 6.42 Å². The van der Waals surface area contributed by atoms with E-state index in [0.717, 1.165) is 10.9 Å². The molecule has 0 aliphatic heterocycles. The Morgan fingerprint density at radius 3 is 2.88 bits per heavy atom. The van der Waals surface area contributed by atoms with Crippen molar-refractivity contribution in [3.05, 3.63) is 40.5 Å². The number of aryl methyl sites for hydroxylation is 1. The highest BCUT2D eigenvalue weighted by Crippen LogP contribution is 2.24. The van der Waals surface area contributed by atoms with Gasteiger partial charge in [0.25, 0.3) is 0 Å². The van der Waals surface area contributed by atoms with Crippen molar-refractivity contribution >= 4 is 28.5 Å². The number of rotatable bonds is 2. The van der Waals surface area contributed by atoms with Crippen molar-refractivity contribution in [1.82, 2.24) is 4.98 Å². The number of hydrogen-bond donors (Lipinski definition) is 1. The average Bonchev–Trinajstić information content (AvgIpc) is 2.27. The number of hydrogen-bond acceptors (Lipinski definition) is 2. The summed E-state index contributed by atoms with van der Waals surface area (Å²) in [7, 11) is 0. The van der Waals surface area contributed by atoms with Crippen LogP contribution in [0.2, 0.25) is 5.02 Å². The minimum Gasteiger partial charge on any atom is -0.477 e. The second-order valence-electron chi connectivity index (χ2n) is 3.47. The monoisotopic (exact) mass is 235 g/mol. The van der Waals surface area contributed by atoms with E-state index in [1.54, 1.807) is 6.07 Å². The minimum absolute atomic E-state index is 0.0862. The van der Waals surface area contributed by atoms with Crippen LogP contribution in [0.25, 0.3) is 10.9 Å². The summed E-state index contributed by atoms with van der Waals surface area (Å²) in [5.74, 6) is -1.02. The van der Waals surface area contributed by atoms with Crippen LogP contribution in [0, 0.1) is 0 Å². The van der Waals surface area contributed by atoms with E-state index in [-0.39, 0.29) is 5.69 Å². The topological polar surface area (TPSA) is 50.2 Å². The Morgan fingerprint density at radius 2 is 2.25 bits per heavy atom. The summed E-state index contributed by atoms with van der Waals surface area (Å²) < 4.78 is 0. The Hall–Kier alpha value is -1.61. The van der Waals surface area contributed by atoms with E-state index < -0.39 is 5.97 Å². The van der Waals surface area contributed by atoms with E-state index >= 15 is 0 Å². The number of carboxylic acids is 1. The fourth-order valence-corrected chi connectivity index (χ4v) is 1.88. The molecular weight excluding hydrogens is 226 g/mol. The molecule has 0 spiro atoms. The number of fused-ring (bicyclic) bond motifs is 1. The number of nitrogens with zero attached hydrogens (tertiary/aromatic N) is 1. The van der Waals surface area contributed by atoms with Crippen LogP contribution in [0.5, 0.6) is 0 Å². The van der Waals surface area contributed by atoms with Crippen molar-refractivity contribution in [2.75, 3.05) is 0 Å². The second-order valence-corrected chi connectivity index (χ2v) is 3.87. The summed E-state index contributed by atoms with van der Waals surface area (Å²) in [4.78, 5) is 15.1. The number of carboxylic acid groups (broad SMARTS) is 1. The third-order valence-corrected chi connectivity index (χ3v) is 2.76. The first-order chi connectivity index (χ1) is 7.63. The van der Waals surface area contributed by atoms with Crippen molar-refractivity contribution in [3.8, 4) is 0 Å². The van der Waals surface area contributed by atoms with E-state index in [9.17, 15) is 4.79 Å². The van der Waals surface area contributed by atoms with Gasteiger partial charge in [-0.05, 0) is 24.1 Å². The molecule has 82 valence electrons. The van der Waals surface area contributed by atoms with Gasteiger partial charge in [-0.25, -0.2) is 9.78 Å². The van der Waals surface area contributed by atoms with Gasteiger partial charge in [0, 0.05) is 5.39 Å². The third-order valence-electron chi connectivity index (χ3n) is 2.46. The summed E-state index contributed by atoms with van der Waals surface area (Å²) in [5, 5.41) is 10.4. The molecule has 0 atom stereocenters. The third kappa shape index (κ3) is 1.74.